The molecule has 0 aliphatic carbocycles. The molecule has 2 aliphatic heterocycles. The summed E-state index contributed by atoms with van der Waals surface area (Å²) in [6.07, 6.45) is 2.86. The highest BCUT2D eigenvalue weighted by Gasteiger charge is 2.25. The zero-order valence-electron chi connectivity index (χ0n) is 10.9. The molecule has 1 aromatic rings. The number of benzene rings is 1. The molecular weight excluding hydrogens is 242 g/mol. The smallest absolute Gasteiger partial charge is 0.0588 e. The van der Waals surface area contributed by atoms with Crippen molar-refractivity contribution in [2.75, 3.05) is 19.7 Å². The van der Waals surface area contributed by atoms with Gasteiger partial charge in [-0.05, 0) is 37.3 Å². The molecule has 1 saturated heterocycles. The normalized spacial score (nSPS) is 30.6. The van der Waals surface area contributed by atoms with Crippen molar-refractivity contribution in [1.29, 1.82) is 0 Å². The lowest BCUT2D eigenvalue weighted by Gasteiger charge is -2.16. The van der Waals surface area contributed by atoms with Gasteiger partial charge in [-0.1, -0.05) is 18.2 Å². The van der Waals surface area contributed by atoms with E-state index in [9.17, 15) is 0 Å². The highest BCUT2D eigenvalue weighted by Crippen LogP contribution is 2.36. The minimum absolute atomic E-state index is 0.436. The second kappa shape index (κ2) is 5.64. The maximum absolute atomic E-state index is 5.59. The first-order valence-electron chi connectivity index (χ1n) is 6.90. The first kappa shape index (κ1) is 12.5. The van der Waals surface area contributed by atoms with Crippen molar-refractivity contribution in [1.82, 2.24) is 5.32 Å². The Bertz CT molecular complexity index is 384. The van der Waals surface area contributed by atoms with E-state index in [4.69, 9.17) is 4.74 Å². The van der Waals surface area contributed by atoms with Crippen molar-refractivity contribution in [3.8, 4) is 0 Å². The van der Waals surface area contributed by atoms with Gasteiger partial charge >= 0.3 is 0 Å². The van der Waals surface area contributed by atoms with Gasteiger partial charge in [0.15, 0.2) is 0 Å². The van der Waals surface area contributed by atoms with E-state index in [0.717, 1.165) is 19.7 Å². The number of ether oxygens (including phenoxy) is 1. The van der Waals surface area contributed by atoms with Crippen molar-refractivity contribution >= 4 is 11.8 Å². The Morgan fingerprint density at radius 3 is 3.00 bits per heavy atom. The molecule has 2 aliphatic rings. The van der Waals surface area contributed by atoms with E-state index < -0.39 is 0 Å². The number of nitrogens with one attached hydrogen (secondary N) is 1. The Morgan fingerprint density at radius 2 is 2.22 bits per heavy atom. The molecule has 3 rings (SSSR count). The molecule has 0 aromatic heterocycles. The summed E-state index contributed by atoms with van der Waals surface area (Å²) in [5, 5.41) is 4.34. The van der Waals surface area contributed by atoms with Gasteiger partial charge in [0.2, 0.25) is 0 Å². The summed E-state index contributed by atoms with van der Waals surface area (Å²) in [4.78, 5) is 1.47. The van der Waals surface area contributed by atoms with Crippen LogP contribution in [0.2, 0.25) is 0 Å². The van der Waals surface area contributed by atoms with Crippen molar-refractivity contribution in [3.63, 3.8) is 0 Å². The molecule has 2 nitrogen and oxygen atoms in total. The predicted molar refractivity (Wildman–Crippen MR) is 76.2 cm³/mol. The molecule has 2 heterocycles. The van der Waals surface area contributed by atoms with Gasteiger partial charge < -0.3 is 10.1 Å². The van der Waals surface area contributed by atoms with Gasteiger partial charge in [-0.3, -0.25) is 0 Å². The number of thioether (sulfide) groups is 1. The minimum Gasteiger partial charge on any atom is -0.378 e. The molecule has 0 amide bonds. The maximum Gasteiger partial charge on any atom is 0.0588 e. The fourth-order valence-electron chi connectivity index (χ4n) is 2.84. The lowest BCUT2D eigenvalue weighted by Crippen LogP contribution is -2.31. The van der Waals surface area contributed by atoms with Gasteiger partial charge in [-0.2, -0.15) is 0 Å². The van der Waals surface area contributed by atoms with Crippen LogP contribution in [0.15, 0.2) is 29.2 Å². The van der Waals surface area contributed by atoms with Crippen molar-refractivity contribution < 1.29 is 4.74 Å². The van der Waals surface area contributed by atoms with E-state index in [1.807, 2.05) is 11.8 Å². The lowest BCUT2D eigenvalue weighted by molar-refractivity contribution is 0.105. The minimum atomic E-state index is 0.436. The molecule has 3 atom stereocenters. The molecule has 1 N–H and O–H groups in total. The molecule has 3 unspecified atom stereocenters. The van der Waals surface area contributed by atoms with Crippen LogP contribution < -0.4 is 5.32 Å². The second-order valence-electron chi connectivity index (χ2n) is 5.33. The summed E-state index contributed by atoms with van der Waals surface area (Å²) in [5.41, 5.74) is 1.52. The highest BCUT2D eigenvalue weighted by atomic mass is 32.2. The van der Waals surface area contributed by atoms with Gasteiger partial charge in [0.25, 0.3) is 0 Å². The number of fused-ring (bicyclic) bond motifs is 1. The van der Waals surface area contributed by atoms with Gasteiger partial charge in [0.1, 0.15) is 0 Å². The average molecular weight is 263 g/mol. The van der Waals surface area contributed by atoms with E-state index in [0.29, 0.717) is 17.3 Å². The summed E-state index contributed by atoms with van der Waals surface area (Å²) >= 11 is 2.03. The van der Waals surface area contributed by atoms with Crippen LogP contribution in [0, 0.1) is 5.92 Å². The molecule has 3 heteroatoms. The van der Waals surface area contributed by atoms with Crippen LogP contribution in [0.3, 0.4) is 0 Å². The third-order valence-corrected chi connectivity index (χ3v) is 5.34. The Labute approximate surface area is 113 Å². The lowest BCUT2D eigenvalue weighted by atomic mass is 10.0. The largest absolute Gasteiger partial charge is 0.378 e. The van der Waals surface area contributed by atoms with Gasteiger partial charge in [0, 0.05) is 29.8 Å². The van der Waals surface area contributed by atoms with E-state index >= 15 is 0 Å². The molecule has 18 heavy (non-hydrogen) atoms. The zero-order valence-corrected chi connectivity index (χ0v) is 11.7. The summed E-state index contributed by atoms with van der Waals surface area (Å²) in [6.45, 7) is 5.35. The number of hydrogen-bond acceptors (Lipinski definition) is 3. The van der Waals surface area contributed by atoms with E-state index in [-0.39, 0.29) is 0 Å². The van der Waals surface area contributed by atoms with Crippen LogP contribution in [0.25, 0.3) is 0 Å². The molecule has 0 spiro atoms. The molecular formula is C15H21NOS. The van der Waals surface area contributed by atoms with Crippen LogP contribution in [-0.4, -0.2) is 31.1 Å². The molecule has 1 aromatic carbocycles. The van der Waals surface area contributed by atoms with Crippen molar-refractivity contribution in [2.24, 2.45) is 5.92 Å². The molecule has 1 fully saturated rings. The fourth-order valence-corrected chi connectivity index (χ4v) is 4.12. The van der Waals surface area contributed by atoms with E-state index in [2.05, 4.69) is 36.5 Å². The van der Waals surface area contributed by atoms with Gasteiger partial charge in [-0.25, -0.2) is 0 Å². The van der Waals surface area contributed by atoms with Crippen LogP contribution in [-0.2, 0) is 11.2 Å². The SMILES string of the molecule is CC1OCCC1CNCC1Cc2ccccc2S1. The third kappa shape index (κ3) is 2.73. The second-order valence-corrected chi connectivity index (χ2v) is 6.68. The first-order chi connectivity index (χ1) is 8.83. The zero-order chi connectivity index (χ0) is 12.4. The van der Waals surface area contributed by atoms with Gasteiger partial charge in [-0.15, -0.1) is 11.8 Å². The van der Waals surface area contributed by atoms with Crippen molar-refractivity contribution in [3.05, 3.63) is 29.8 Å². The first-order valence-corrected chi connectivity index (χ1v) is 7.78. The topological polar surface area (TPSA) is 21.3 Å². The van der Waals surface area contributed by atoms with E-state index in [1.54, 1.807) is 0 Å². The summed E-state index contributed by atoms with van der Waals surface area (Å²) in [6, 6.07) is 8.79. The molecule has 0 saturated carbocycles. The van der Waals surface area contributed by atoms with Gasteiger partial charge in [0.05, 0.1) is 6.10 Å². The standard InChI is InChI=1S/C15H21NOS/c1-11-13(6-7-17-11)9-16-10-14-8-12-4-2-3-5-15(12)18-14/h2-5,11,13-14,16H,6-10H2,1H3. The monoisotopic (exact) mass is 263 g/mol. The number of hydrogen-bond donors (Lipinski definition) is 1. The quantitative estimate of drug-likeness (QED) is 0.902. The summed E-state index contributed by atoms with van der Waals surface area (Å²) < 4.78 is 5.59. The predicted octanol–water partition coefficient (Wildman–Crippen LogP) is 2.72. The average Bonchev–Trinajstić information content (AvgIpc) is 2.96. The van der Waals surface area contributed by atoms with Crippen LogP contribution in [0.5, 0.6) is 0 Å². The van der Waals surface area contributed by atoms with E-state index in [1.165, 1.54) is 23.3 Å². The molecule has 98 valence electrons. The van der Waals surface area contributed by atoms with Crippen LogP contribution in [0.4, 0.5) is 0 Å². The summed E-state index contributed by atoms with van der Waals surface area (Å²) in [7, 11) is 0. The molecule has 0 bridgehead atoms. The highest BCUT2D eigenvalue weighted by molar-refractivity contribution is 8.00. The maximum atomic E-state index is 5.59. The van der Waals surface area contributed by atoms with Crippen LogP contribution >= 0.6 is 11.8 Å². The number of rotatable bonds is 4. The Hall–Kier alpha value is -0.510. The van der Waals surface area contributed by atoms with Crippen LogP contribution in [0.1, 0.15) is 18.9 Å². The Morgan fingerprint density at radius 1 is 1.33 bits per heavy atom. The Balaban J connectivity index is 1.43. The van der Waals surface area contributed by atoms with Crippen molar-refractivity contribution in [2.45, 2.75) is 36.0 Å². The Kier molecular flexibility index (Phi) is 3.92. The summed E-state index contributed by atoms with van der Waals surface area (Å²) in [5.74, 6) is 0.707. The fraction of sp³-hybridized carbons (Fsp3) is 0.600. The molecule has 0 radical (unpaired) electrons. The third-order valence-electron chi connectivity index (χ3n) is 4.03.